The molecule has 1 N–H and O–H groups in total. The van der Waals surface area contributed by atoms with Crippen LogP contribution in [0.1, 0.15) is 31.7 Å². The van der Waals surface area contributed by atoms with Crippen molar-refractivity contribution >= 4 is 16.8 Å². The highest BCUT2D eigenvalue weighted by atomic mass is 16.2. The zero-order valence-corrected chi connectivity index (χ0v) is 11.4. The third-order valence-corrected chi connectivity index (χ3v) is 4.19. The summed E-state index contributed by atoms with van der Waals surface area (Å²) >= 11 is 0. The summed E-state index contributed by atoms with van der Waals surface area (Å²) in [5.74, 6) is 0.272. The molecule has 1 unspecified atom stereocenters. The van der Waals surface area contributed by atoms with Crippen molar-refractivity contribution in [1.29, 1.82) is 0 Å². The van der Waals surface area contributed by atoms with E-state index in [0.29, 0.717) is 12.5 Å². The third kappa shape index (κ3) is 2.25. The fraction of sp³-hybridized carbons (Fsp3) is 0.438. The van der Waals surface area contributed by atoms with Gasteiger partial charge in [0.25, 0.3) is 0 Å². The van der Waals surface area contributed by atoms with Crippen LogP contribution in [0, 0.1) is 0 Å². The number of carbonyl (C=O) groups is 1. The zero-order chi connectivity index (χ0) is 13.2. The summed E-state index contributed by atoms with van der Waals surface area (Å²) in [6.07, 6.45) is 5.87. The maximum atomic E-state index is 12.4. The van der Waals surface area contributed by atoms with E-state index in [1.165, 1.54) is 5.39 Å². The molecule has 3 heteroatoms. The number of aromatic amines is 1. The average Bonchev–Trinajstić information content (AvgIpc) is 3.05. The number of fused-ring (bicyclic) bond motifs is 1. The molecule has 3 rings (SSSR count). The topological polar surface area (TPSA) is 36.1 Å². The molecule has 1 saturated heterocycles. The molecule has 0 aliphatic carbocycles. The van der Waals surface area contributed by atoms with Crippen LogP contribution in [0.5, 0.6) is 0 Å². The summed E-state index contributed by atoms with van der Waals surface area (Å²) < 4.78 is 0. The Morgan fingerprint density at radius 3 is 3.11 bits per heavy atom. The van der Waals surface area contributed by atoms with Gasteiger partial charge in [0.05, 0.1) is 6.42 Å². The van der Waals surface area contributed by atoms with Gasteiger partial charge in [-0.3, -0.25) is 4.79 Å². The van der Waals surface area contributed by atoms with Crippen LogP contribution in [-0.4, -0.2) is 28.4 Å². The van der Waals surface area contributed by atoms with Crippen LogP contribution in [0.15, 0.2) is 30.5 Å². The number of para-hydroxylation sites is 1. The lowest BCUT2D eigenvalue weighted by Gasteiger charge is -2.23. The maximum absolute atomic E-state index is 12.4. The predicted molar refractivity (Wildman–Crippen MR) is 77.0 cm³/mol. The van der Waals surface area contributed by atoms with E-state index in [4.69, 9.17) is 0 Å². The van der Waals surface area contributed by atoms with Crippen molar-refractivity contribution in [2.45, 2.75) is 38.6 Å². The second-order valence-corrected chi connectivity index (χ2v) is 5.33. The fourth-order valence-corrected chi connectivity index (χ4v) is 3.13. The van der Waals surface area contributed by atoms with Crippen LogP contribution < -0.4 is 0 Å². The molecule has 0 saturated carbocycles. The molecule has 100 valence electrons. The van der Waals surface area contributed by atoms with E-state index >= 15 is 0 Å². The van der Waals surface area contributed by atoms with Gasteiger partial charge in [0.1, 0.15) is 0 Å². The molecule has 2 heterocycles. The summed E-state index contributed by atoms with van der Waals surface area (Å²) in [4.78, 5) is 17.7. The molecule has 0 radical (unpaired) electrons. The van der Waals surface area contributed by atoms with Gasteiger partial charge in [0.2, 0.25) is 5.91 Å². The zero-order valence-electron chi connectivity index (χ0n) is 11.4. The molecule has 0 bridgehead atoms. The number of amides is 1. The lowest BCUT2D eigenvalue weighted by Crippen LogP contribution is -2.36. The highest BCUT2D eigenvalue weighted by Crippen LogP contribution is 2.23. The molecule has 1 aromatic heterocycles. The summed E-state index contributed by atoms with van der Waals surface area (Å²) in [5.41, 5.74) is 2.22. The number of likely N-dealkylation sites (tertiary alicyclic amines) is 1. The van der Waals surface area contributed by atoms with Gasteiger partial charge >= 0.3 is 0 Å². The van der Waals surface area contributed by atoms with Crippen LogP contribution in [0.2, 0.25) is 0 Å². The first-order valence-electron chi connectivity index (χ1n) is 7.14. The number of hydrogen-bond donors (Lipinski definition) is 1. The molecule has 1 aliphatic rings. The van der Waals surface area contributed by atoms with Crippen molar-refractivity contribution in [1.82, 2.24) is 9.88 Å². The summed E-state index contributed by atoms with van der Waals surface area (Å²) in [5, 5.41) is 1.17. The first-order valence-corrected chi connectivity index (χ1v) is 7.14. The van der Waals surface area contributed by atoms with Crippen molar-refractivity contribution in [2.24, 2.45) is 0 Å². The van der Waals surface area contributed by atoms with Gasteiger partial charge < -0.3 is 9.88 Å². The highest BCUT2D eigenvalue weighted by molar-refractivity contribution is 5.89. The Labute approximate surface area is 113 Å². The van der Waals surface area contributed by atoms with Crippen molar-refractivity contribution < 1.29 is 4.79 Å². The monoisotopic (exact) mass is 256 g/mol. The molecule has 1 atom stereocenters. The minimum atomic E-state index is 0.272. The lowest BCUT2D eigenvalue weighted by atomic mass is 10.1. The lowest BCUT2D eigenvalue weighted by molar-refractivity contribution is -0.131. The second kappa shape index (κ2) is 5.08. The normalized spacial score (nSPS) is 19.2. The summed E-state index contributed by atoms with van der Waals surface area (Å²) in [6, 6.07) is 8.62. The summed E-state index contributed by atoms with van der Waals surface area (Å²) in [7, 11) is 0. The van der Waals surface area contributed by atoms with Crippen molar-refractivity contribution in [3.05, 3.63) is 36.0 Å². The minimum absolute atomic E-state index is 0.272. The van der Waals surface area contributed by atoms with Gasteiger partial charge in [0.15, 0.2) is 0 Å². The quantitative estimate of drug-likeness (QED) is 0.900. The first kappa shape index (κ1) is 12.3. The molecule has 0 spiro atoms. The number of hydrogen-bond acceptors (Lipinski definition) is 1. The van der Waals surface area contributed by atoms with E-state index in [9.17, 15) is 4.79 Å². The van der Waals surface area contributed by atoms with E-state index in [2.05, 4.69) is 22.9 Å². The Morgan fingerprint density at radius 1 is 1.42 bits per heavy atom. The molecule has 19 heavy (non-hydrogen) atoms. The second-order valence-electron chi connectivity index (χ2n) is 5.33. The van der Waals surface area contributed by atoms with Gasteiger partial charge in [-0.15, -0.1) is 0 Å². The number of nitrogens with one attached hydrogen (secondary N) is 1. The van der Waals surface area contributed by atoms with E-state index in [1.807, 2.05) is 24.4 Å². The molecule has 3 nitrogen and oxygen atoms in total. The van der Waals surface area contributed by atoms with E-state index < -0.39 is 0 Å². The third-order valence-electron chi connectivity index (χ3n) is 4.19. The molecule has 2 aromatic rings. The van der Waals surface area contributed by atoms with Crippen molar-refractivity contribution in [2.75, 3.05) is 6.54 Å². The fourth-order valence-electron chi connectivity index (χ4n) is 3.13. The number of aromatic nitrogens is 1. The van der Waals surface area contributed by atoms with Crippen LogP contribution in [0.4, 0.5) is 0 Å². The Kier molecular flexibility index (Phi) is 3.28. The highest BCUT2D eigenvalue weighted by Gasteiger charge is 2.27. The van der Waals surface area contributed by atoms with E-state index in [-0.39, 0.29) is 5.91 Å². The van der Waals surface area contributed by atoms with Crippen LogP contribution in [-0.2, 0) is 11.2 Å². The van der Waals surface area contributed by atoms with E-state index in [1.54, 1.807) is 0 Å². The molecule has 1 amide bonds. The molecular weight excluding hydrogens is 236 g/mol. The Hall–Kier alpha value is -1.77. The standard InChI is InChI=1S/C16H20N2O/c1-2-13-6-5-9-18(13)16(19)10-12-11-17-15-8-4-3-7-14(12)15/h3-4,7-8,11,13,17H,2,5-6,9-10H2,1H3. The summed E-state index contributed by atoms with van der Waals surface area (Å²) in [6.45, 7) is 3.10. The maximum Gasteiger partial charge on any atom is 0.227 e. The van der Waals surface area contributed by atoms with Crippen LogP contribution in [0.3, 0.4) is 0 Å². The molecular formula is C16H20N2O. The molecule has 1 aliphatic heterocycles. The predicted octanol–water partition coefficient (Wildman–Crippen LogP) is 3.11. The number of nitrogens with zero attached hydrogens (tertiary/aromatic N) is 1. The Morgan fingerprint density at radius 2 is 2.26 bits per heavy atom. The Balaban J connectivity index is 1.79. The van der Waals surface area contributed by atoms with Gasteiger partial charge in [-0.05, 0) is 30.9 Å². The number of H-pyrrole nitrogens is 1. The molecule has 1 fully saturated rings. The van der Waals surface area contributed by atoms with Gasteiger partial charge in [-0.2, -0.15) is 0 Å². The van der Waals surface area contributed by atoms with Gasteiger partial charge in [-0.25, -0.2) is 0 Å². The van der Waals surface area contributed by atoms with E-state index in [0.717, 1.165) is 36.9 Å². The minimum Gasteiger partial charge on any atom is -0.361 e. The van der Waals surface area contributed by atoms with Crippen LogP contribution >= 0.6 is 0 Å². The number of rotatable bonds is 3. The van der Waals surface area contributed by atoms with Gasteiger partial charge in [0, 0.05) is 29.7 Å². The van der Waals surface area contributed by atoms with Gasteiger partial charge in [-0.1, -0.05) is 25.1 Å². The SMILES string of the molecule is CCC1CCCN1C(=O)Cc1c[nH]c2ccccc12. The number of carbonyl (C=O) groups excluding carboxylic acids is 1. The smallest absolute Gasteiger partial charge is 0.227 e. The Bertz CT molecular complexity index is 587. The molecule has 1 aromatic carbocycles. The largest absolute Gasteiger partial charge is 0.361 e. The van der Waals surface area contributed by atoms with Crippen LogP contribution in [0.25, 0.3) is 10.9 Å². The first-order chi connectivity index (χ1) is 9.29. The average molecular weight is 256 g/mol. The van der Waals surface area contributed by atoms with Crippen molar-refractivity contribution in [3.63, 3.8) is 0 Å². The number of benzene rings is 1. The van der Waals surface area contributed by atoms with Crippen molar-refractivity contribution in [3.8, 4) is 0 Å².